The van der Waals surface area contributed by atoms with Crippen LogP contribution >= 0.6 is 11.6 Å². The van der Waals surface area contributed by atoms with Gasteiger partial charge < -0.3 is 5.01 Å². The molecule has 0 radical (unpaired) electrons. The highest BCUT2D eigenvalue weighted by Gasteiger charge is 2.15. The van der Waals surface area contributed by atoms with Gasteiger partial charge in [0.05, 0.1) is 11.9 Å². The van der Waals surface area contributed by atoms with Gasteiger partial charge in [-0.3, -0.25) is 4.98 Å². The normalized spacial score (nSPS) is 10.6. The minimum atomic E-state index is 0.722. The Bertz CT molecular complexity index is 733. The van der Waals surface area contributed by atoms with Gasteiger partial charge in [0.2, 0.25) is 0 Å². The number of hydrogen-bond donors (Lipinski definition) is 0. The first kappa shape index (κ1) is 13.6. The summed E-state index contributed by atoms with van der Waals surface area (Å²) in [5, 5.41) is 7.14. The Balaban J connectivity index is 2.21. The van der Waals surface area contributed by atoms with Crippen LogP contribution in [0.4, 0.5) is 0 Å². The molecule has 0 unspecified atom stereocenters. The lowest BCUT2D eigenvalue weighted by atomic mass is 10.0. The van der Waals surface area contributed by atoms with Crippen LogP contribution in [-0.2, 0) is 0 Å². The molecular weight excluding hydrogens is 284 g/mol. The minimum Gasteiger partial charge on any atom is -0.303 e. The molecule has 4 nitrogen and oxygen atoms in total. The third-order valence-corrected chi connectivity index (χ3v) is 3.49. The first-order valence-corrected chi connectivity index (χ1v) is 6.96. The monoisotopic (exact) mass is 298 g/mol. The van der Waals surface area contributed by atoms with Crippen LogP contribution in [0.3, 0.4) is 0 Å². The third-order valence-electron chi connectivity index (χ3n) is 3.24. The van der Waals surface area contributed by atoms with E-state index in [9.17, 15) is 0 Å². The van der Waals surface area contributed by atoms with Crippen LogP contribution < -0.4 is 5.01 Å². The van der Waals surface area contributed by atoms with Gasteiger partial charge in [-0.25, -0.2) is 0 Å². The Morgan fingerprint density at radius 3 is 2.24 bits per heavy atom. The lowest BCUT2D eigenvalue weighted by molar-refractivity contribution is 0.646. The molecule has 0 amide bonds. The van der Waals surface area contributed by atoms with Gasteiger partial charge in [-0.15, -0.1) is 0 Å². The lowest BCUT2D eigenvalue weighted by Gasteiger charge is -2.17. The van der Waals surface area contributed by atoms with Crippen LogP contribution in [0.5, 0.6) is 0 Å². The first-order chi connectivity index (χ1) is 10.2. The summed E-state index contributed by atoms with van der Waals surface area (Å²) in [7, 11) is 3.92. The molecule has 3 rings (SSSR count). The summed E-state index contributed by atoms with van der Waals surface area (Å²) >= 11 is 5.99. The molecule has 0 saturated heterocycles. The number of pyridine rings is 1. The van der Waals surface area contributed by atoms with E-state index in [4.69, 9.17) is 11.6 Å². The second-order valence-electron chi connectivity index (χ2n) is 4.89. The molecule has 106 valence electrons. The summed E-state index contributed by atoms with van der Waals surface area (Å²) in [6.07, 6.45) is 5.45. The van der Waals surface area contributed by atoms with Crippen molar-refractivity contribution in [2.45, 2.75) is 0 Å². The van der Waals surface area contributed by atoms with E-state index in [-0.39, 0.29) is 0 Å². The highest BCUT2D eigenvalue weighted by Crippen LogP contribution is 2.32. The van der Waals surface area contributed by atoms with E-state index in [2.05, 4.69) is 10.1 Å². The Morgan fingerprint density at radius 1 is 0.952 bits per heavy atom. The van der Waals surface area contributed by atoms with E-state index in [1.807, 2.05) is 66.5 Å². The second-order valence-corrected chi connectivity index (χ2v) is 5.32. The summed E-state index contributed by atoms with van der Waals surface area (Å²) in [6, 6.07) is 11.8. The number of hydrogen-bond acceptors (Lipinski definition) is 3. The maximum atomic E-state index is 5.99. The van der Waals surface area contributed by atoms with E-state index >= 15 is 0 Å². The Kier molecular flexibility index (Phi) is 3.62. The minimum absolute atomic E-state index is 0.722. The van der Waals surface area contributed by atoms with Gasteiger partial charge in [0.15, 0.2) is 0 Å². The van der Waals surface area contributed by atoms with Crippen molar-refractivity contribution >= 4 is 11.6 Å². The predicted molar refractivity (Wildman–Crippen MR) is 86.0 cm³/mol. The maximum absolute atomic E-state index is 5.99. The van der Waals surface area contributed by atoms with Gasteiger partial charge in [0.1, 0.15) is 0 Å². The Morgan fingerprint density at radius 2 is 1.62 bits per heavy atom. The summed E-state index contributed by atoms with van der Waals surface area (Å²) in [6.45, 7) is 0. The molecule has 2 heterocycles. The van der Waals surface area contributed by atoms with Crippen molar-refractivity contribution in [2.24, 2.45) is 0 Å². The summed E-state index contributed by atoms with van der Waals surface area (Å²) in [5.74, 6) is 0. The van der Waals surface area contributed by atoms with Crippen molar-refractivity contribution in [1.29, 1.82) is 0 Å². The van der Waals surface area contributed by atoms with Crippen LogP contribution in [0.15, 0.2) is 55.0 Å². The van der Waals surface area contributed by atoms with Crippen LogP contribution in [0, 0.1) is 0 Å². The molecule has 3 aromatic rings. The molecule has 0 atom stereocenters. The zero-order valence-electron chi connectivity index (χ0n) is 11.9. The third kappa shape index (κ3) is 2.62. The molecule has 0 N–H and O–H groups in total. The van der Waals surface area contributed by atoms with Crippen LogP contribution in [0.1, 0.15) is 0 Å². The number of nitrogens with zero attached hydrogens (tertiary/aromatic N) is 4. The molecule has 0 aliphatic heterocycles. The topological polar surface area (TPSA) is 34.0 Å². The second kappa shape index (κ2) is 5.58. The van der Waals surface area contributed by atoms with E-state index in [0.29, 0.717) is 0 Å². The number of benzene rings is 1. The van der Waals surface area contributed by atoms with Gasteiger partial charge >= 0.3 is 0 Å². The molecule has 1 aromatic carbocycles. The van der Waals surface area contributed by atoms with E-state index in [1.54, 1.807) is 12.4 Å². The van der Waals surface area contributed by atoms with Gasteiger partial charge in [0, 0.05) is 42.6 Å². The summed E-state index contributed by atoms with van der Waals surface area (Å²) in [5.41, 5.74) is 4.25. The average molecular weight is 299 g/mol. The molecular formula is C16H15ClN4. The quantitative estimate of drug-likeness (QED) is 0.742. The lowest BCUT2D eigenvalue weighted by Crippen LogP contribution is -2.26. The fourth-order valence-electron chi connectivity index (χ4n) is 2.26. The molecule has 5 heteroatoms. The Hall–Kier alpha value is -2.33. The first-order valence-electron chi connectivity index (χ1n) is 6.59. The zero-order valence-corrected chi connectivity index (χ0v) is 12.6. The number of halogens is 1. The molecule has 0 fully saturated rings. The van der Waals surface area contributed by atoms with Crippen molar-refractivity contribution in [2.75, 3.05) is 19.1 Å². The summed E-state index contributed by atoms with van der Waals surface area (Å²) in [4.78, 5) is 5.95. The number of aromatic nitrogens is 3. The Labute approximate surface area is 128 Å². The molecule has 0 aliphatic carbocycles. The van der Waals surface area contributed by atoms with Gasteiger partial charge in [-0.1, -0.05) is 23.7 Å². The fourth-order valence-corrected chi connectivity index (χ4v) is 2.39. The van der Waals surface area contributed by atoms with E-state index in [0.717, 1.165) is 27.4 Å². The van der Waals surface area contributed by atoms with Gasteiger partial charge in [-0.2, -0.15) is 9.89 Å². The maximum Gasteiger partial charge on any atom is 0.0998 e. The van der Waals surface area contributed by atoms with Crippen molar-refractivity contribution < 1.29 is 0 Å². The molecule has 0 bridgehead atoms. The molecule has 0 spiro atoms. The van der Waals surface area contributed by atoms with Crippen molar-refractivity contribution in [3.05, 3.63) is 60.0 Å². The van der Waals surface area contributed by atoms with E-state index in [1.165, 1.54) is 0 Å². The fraction of sp³-hybridized carbons (Fsp3) is 0.125. The van der Waals surface area contributed by atoms with Crippen molar-refractivity contribution in [3.63, 3.8) is 0 Å². The number of rotatable bonds is 3. The largest absolute Gasteiger partial charge is 0.303 e. The predicted octanol–water partition coefficient (Wildman–Crippen LogP) is 3.46. The average Bonchev–Trinajstić information content (AvgIpc) is 2.94. The van der Waals surface area contributed by atoms with Crippen LogP contribution in [-0.4, -0.2) is 29.0 Å². The highest BCUT2D eigenvalue weighted by atomic mass is 35.5. The summed E-state index contributed by atoms with van der Waals surface area (Å²) < 4.78 is 0. The molecule has 2 aromatic heterocycles. The SMILES string of the molecule is CN(C)n1ncc(-c2ccncc2)c1-c1ccc(Cl)cc1. The standard InChI is InChI=1S/C16H15ClN4/c1-20(2)21-16(13-3-5-14(17)6-4-13)15(11-19-21)12-7-9-18-10-8-12/h3-11H,1-2H3. The van der Waals surface area contributed by atoms with Crippen molar-refractivity contribution in [1.82, 2.24) is 14.9 Å². The highest BCUT2D eigenvalue weighted by molar-refractivity contribution is 6.30. The van der Waals surface area contributed by atoms with Crippen LogP contribution in [0.25, 0.3) is 22.4 Å². The zero-order chi connectivity index (χ0) is 14.8. The van der Waals surface area contributed by atoms with Gasteiger partial charge in [-0.05, 0) is 29.8 Å². The van der Waals surface area contributed by atoms with Gasteiger partial charge in [0.25, 0.3) is 0 Å². The molecule has 21 heavy (non-hydrogen) atoms. The van der Waals surface area contributed by atoms with E-state index < -0.39 is 0 Å². The molecule has 0 aliphatic rings. The van der Waals surface area contributed by atoms with Crippen LogP contribution in [0.2, 0.25) is 5.02 Å². The van der Waals surface area contributed by atoms with Crippen molar-refractivity contribution in [3.8, 4) is 22.4 Å². The smallest absolute Gasteiger partial charge is 0.0998 e. The molecule has 0 saturated carbocycles.